The van der Waals surface area contributed by atoms with Gasteiger partial charge in [-0.15, -0.1) is 0 Å². The Hall–Kier alpha value is -1.12. The van der Waals surface area contributed by atoms with Crippen LogP contribution in [-0.2, 0) is 9.59 Å². The number of imide groups is 1. The molecule has 1 aliphatic heterocycles. The summed E-state index contributed by atoms with van der Waals surface area (Å²) in [4.78, 5) is 21.8. The molecule has 12 heavy (non-hydrogen) atoms. The second-order valence-corrected chi connectivity index (χ2v) is 3.21. The number of rotatable bonds is 3. The molecule has 2 amide bonds. The summed E-state index contributed by atoms with van der Waals surface area (Å²) in [6, 6.07) is 0. The van der Waals surface area contributed by atoms with E-state index in [4.69, 9.17) is 0 Å². The van der Waals surface area contributed by atoms with Gasteiger partial charge in [0.2, 0.25) is 0 Å². The maximum atomic E-state index is 11.0. The highest BCUT2D eigenvalue weighted by atomic mass is 16.2. The number of amides is 2. The summed E-state index contributed by atoms with van der Waals surface area (Å²) in [5.41, 5.74) is 0.620. The zero-order chi connectivity index (χ0) is 9.14. The predicted octanol–water partition coefficient (Wildman–Crippen LogP) is 1.01. The number of hydrogen-bond acceptors (Lipinski definition) is 2. The van der Waals surface area contributed by atoms with Gasteiger partial charge in [0.15, 0.2) is 0 Å². The molecule has 1 N–H and O–H groups in total. The number of carbonyl (C=O) groups excluding carboxylic acids is 2. The zero-order valence-electron chi connectivity index (χ0n) is 7.39. The van der Waals surface area contributed by atoms with E-state index in [-0.39, 0.29) is 11.8 Å². The Balaban J connectivity index is 2.58. The lowest BCUT2D eigenvalue weighted by Crippen LogP contribution is -2.22. The fourth-order valence-corrected chi connectivity index (χ4v) is 1.12. The second-order valence-electron chi connectivity index (χ2n) is 3.21. The summed E-state index contributed by atoms with van der Waals surface area (Å²) in [5, 5.41) is 2.23. The first-order valence-electron chi connectivity index (χ1n) is 4.19. The smallest absolute Gasteiger partial charge is 0.254 e. The first-order valence-corrected chi connectivity index (χ1v) is 4.19. The van der Waals surface area contributed by atoms with Crippen molar-refractivity contribution in [1.29, 1.82) is 0 Å². The van der Waals surface area contributed by atoms with Crippen molar-refractivity contribution in [3.63, 3.8) is 0 Å². The molecule has 1 rings (SSSR count). The van der Waals surface area contributed by atoms with Crippen LogP contribution in [0.2, 0.25) is 0 Å². The molecule has 0 aliphatic carbocycles. The van der Waals surface area contributed by atoms with E-state index in [1.54, 1.807) is 0 Å². The van der Waals surface area contributed by atoms with Crippen molar-refractivity contribution in [2.75, 3.05) is 0 Å². The van der Waals surface area contributed by atoms with E-state index in [1.807, 2.05) is 0 Å². The van der Waals surface area contributed by atoms with Crippen molar-refractivity contribution in [2.24, 2.45) is 5.92 Å². The van der Waals surface area contributed by atoms with Gasteiger partial charge in [-0.25, -0.2) is 0 Å². The minimum absolute atomic E-state index is 0.222. The van der Waals surface area contributed by atoms with Crippen LogP contribution in [0.25, 0.3) is 0 Å². The second kappa shape index (κ2) is 3.52. The average molecular weight is 167 g/mol. The molecule has 0 spiro atoms. The Morgan fingerprint density at radius 3 is 2.58 bits per heavy atom. The van der Waals surface area contributed by atoms with Gasteiger partial charge in [0.05, 0.1) is 0 Å². The van der Waals surface area contributed by atoms with Crippen molar-refractivity contribution in [3.8, 4) is 0 Å². The quantitative estimate of drug-likeness (QED) is 0.637. The predicted molar refractivity (Wildman–Crippen MR) is 45.3 cm³/mol. The molecule has 0 saturated heterocycles. The van der Waals surface area contributed by atoms with Gasteiger partial charge in [-0.2, -0.15) is 0 Å². The Kier molecular flexibility index (Phi) is 2.63. The van der Waals surface area contributed by atoms with Crippen LogP contribution in [0.5, 0.6) is 0 Å². The first kappa shape index (κ1) is 8.97. The summed E-state index contributed by atoms with van der Waals surface area (Å²) >= 11 is 0. The van der Waals surface area contributed by atoms with Crippen LogP contribution < -0.4 is 5.32 Å². The normalized spacial score (nSPS) is 19.0. The topological polar surface area (TPSA) is 46.2 Å². The molecule has 0 bridgehead atoms. The summed E-state index contributed by atoms with van der Waals surface area (Å²) in [6.45, 7) is 4.14. The molecule has 66 valence electrons. The van der Waals surface area contributed by atoms with Crippen molar-refractivity contribution < 1.29 is 9.59 Å². The average Bonchev–Trinajstić information content (AvgIpc) is 2.30. The minimum atomic E-state index is -0.279. The fraction of sp³-hybridized carbons (Fsp3) is 0.556. The summed E-state index contributed by atoms with van der Waals surface area (Å²) < 4.78 is 0. The third-order valence-corrected chi connectivity index (χ3v) is 2.10. The van der Waals surface area contributed by atoms with E-state index in [2.05, 4.69) is 19.2 Å². The van der Waals surface area contributed by atoms with Gasteiger partial charge in [0.25, 0.3) is 11.8 Å². The summed E-state index contributed by atoms with van der Waals surface area (Å²) in [6.07, 6.45) is 3.13. The van der Waals surface area contributed by atoms with E-state index in [0.717, 1.165) is 6.42 Å². The van der Waals surface area contributed by atoms with Gasteiger partial charge in [0, 0.05) is 11.6 Å². The molecule has 1 aliphatic rings. The Labute approximate surface area is 71.8 Å². The highest BCUT2D eigenvalue weighted by molar-refractivity contribution is 6.16. The number of hydrogen-bond donors (Lipinski definition) is 1. The molecule has 0 aromatic carbocycles. The van der Waals surface area contributed by atoms with Gasteiger partial charge in [-0.05, 0) is 12.3 Å². The third kappa shape index (κ3) is 1.94. The zero-order valence-corrected chi connectivity index (χ0v) is 7.39. The maximum Gasteiger partial charge on any atom is 0.254 e. The SMILES string of the molecule is CCC(C)CC1=CC(=O)NC1=O. The van der Waals surface area contributed by atoms with E-state index in [9.17, 15) is 9.59 Å². The van der Waals surface area contributed by atoms with Crippen LogP contribution in [-0.4, -0.2) is 11.8 Å². The highest BCUT2D eigenvalue weighted by Gasteiger charge is 2.21. The Bertz CT molecular complexity index is 243. The van der Waals surface area contributed by atoms with Crippen LogP contribution in [0.4, 0.5) is 0 Å². The molecule has 1 unspecified atom stereocenters. The molecule has 3 nitrogen and oxygen atoms in total. The van der Waals surface area contributed by atoms with Crippen molar-refractivity contribution in [3.05, 3.63) is 11.6 Å². The Morgan fingerprint density at radius 2 is 2.17 bits per heavy atom. The van der Waals surface area contributed by atoms with E-state index in [1.165, 1.54) is 6.08 Å². The van der Waals surface area contributed by atoms with Crippen molar-refractivity contribution in [1.82, 2.24) is 5.32 Å². The lowest BCUT2D eigenvalue weighted by molar-refractivity contribution is -0.123. The number of carbonyl (C=O) groups is 2. The molecule has 0 aromatic rings. The molecular weight excluding hydrogens is 154 g/mol. The molecule has 0 aromatic heterocycles. The van der Waals surface area contributed by atoms with Gasteiger partial charge in [-0.3, -0.25) is 14.9 Å². The minimum Gasteiger partial charge on any atom is -0.289 e. The van der Waals surface area contributed by atoms with Crippen LogP contribution >= 0.6 is 0 Å². The molecule has 0 saturated carbocycles. The lowest BCUT2D eigenvalue weighted by Gasteiger charge is -2.06. The Morgan fingerprint density at radius 1 is 1.50 bits per heavy atom. The lowest BCUT2D eigenvalue weighted by atomic mass is 9.99. The van der Waals surface area contributed by atoms with Crippen LogP contribution in [0.3, 0.4) is 0 Å². The molecule has 3 heteroatoms. The molecule has 0 radical (unpaired) electrons. The highest BCUT2D eigenvalue weighted by Crippen LogP contribution is 2.16. The first-order chi connectivity index (χ1) is 5.63. The maximum absolute atomic E-state index is 11.0. The molecule has 1 atom stereocenters. The standard InChI is InChI=1S/C9H13NO2/c1-3-6(2)4-7-5-8(11)10-9(7)12/h5-6H,3-4H2,1-2H3,(H,10,11,12). The third-order valence-electron chi connectivity index (χ3n) is 2.10. The van der Waals surface area contributed by atoms with Crippen LogP contribution in [0.1, 0.15) is 26.7 Å². The van der Waals surface area contributed by atoms with Gasteiger partial charge in [0.1, 0.15) is 0 Å². The van der Waals surface area contributed by atoms with E-state index in [0.29, 0.717) is 17.9 Å². The molecule has 0 fully saturated rings. The van der Waals surface area contributed by atoms with Gasteiger partial charge in [-0.1, -0.05) is 20.3 Å². The van der Waals surface area contributed by atoms with E-state index >= 15 is 0 Å². The number of nitrogens with one attached hydrogen (secondary N) is 1. The van der Waals surface area contributed by atoms with Crippen molar-refractivity contribution in [2.45, 2.75) is 26.7 Å². The summed E-state index contributed by atoms with van der Waals surface area (Å²) in [7, 11) is 0. The fourth-order valence-electron chi connectivity index (χ4n) is 1.12. The molecular formula is C9H13NO2. The van der Waals surface area contributed by atoms with Crippen LogP contribution in [0, 0.1) is 5.92 Å². The van der Waals surface area contributed by atoms with Crippen molar-refractivity contribution >= 4 is 11.8 Å². The monoisotopic (exact) mass is 167 g/mol. The van der Waals surface area contributed by atoms with Gasteiger partial charge < -0.3 is 0 Å². The van der Waals surface area contributed by atoms with Gasteiger partial charge >= 0.3 is 0 Å². The molecule has 1 heterocycles. The van der Waals surface area contributed by atoms with Crippen LogP contribution in [0.15, 0.2) is 11.6 Å². The largest absolute Gasteiger partial charge is 0.289 e. The van der Waals surface area contributed by atoms with E-state index < -0.39 is 0 Å². The summed E-state index contributed by atoms with van der Waals surface area (Å²) in [5.74, 6) is -0.0356.